The Morgan fingerprint density at radius 2 is 2.05 bits per heavy atom. The SMILES string of the molecule is OCCN(CC1Cc2ccccc2S1)CC(F)(F)F. The minimum Gasteiger partial charge on any atom is -0.395 e. The van der Waals surface area contributed by atoms with Crippen LogP contribution in [0.3, 0.4) is 0 Å². The quantitative estimate of drug-likeness (QED) is 0.902. The van der Waals surface area contributed by atoms with Crippen LogP contribution in [0.5, 0.6) is 0 Å². The molecule has 106 valence electrons. The van der Waals surface area contributed by atoms with Crippen molar-refractivity contribution in [2.75, 3.05) is 26.2 Å². The molecular weight excluding hydrogens is 275 g/mol. The van der Waals surface area contributed by atoms with Crippen molar-refractivity contribution in [2.45, 2.75) is 22.7 Å². The summed E-state index contributed by atoms with van der Waals surface area (Å²) >= 11 is 1.63. The Labute approximate surface area is 114 Å². The molecule has 0 amide bonds. The van der Waals surface area contributed by atoms with Crippen molar-refractivity contribution in [1.29, 1.82) is 0 Å². The number of aliphatic hydroxyl groups is 1. The Hall–Kier alpha value is -0.720. The summed E-state index contributed by atoms with van der Waals surface area (Å²) in [5.74, 6) is 0. The summed E-state index contributed by atoms with van der Waals surface area (Å²) in [6.45, 7) is -0.798. The molecule has 1 aliphatic heterocycles. The van der Waals surface area contributed by atoms with Gasteiger partial charge in [0.1, 0.15) is 0 Å². The molecular formula is C13H16F3NOS. The monoisotopic (exact) mass is 291 g/mol. The van der Waals surface area contributed by atoms with Crippen LogP contribution in [0.1, 0.15) is 5.56 Å². The van der Waals surface area contributed by atoms with Crippen LogP contribution in [-0.2, 0) is 6.42 Å². The highest BCUT2D eigenvalue weighted by Gasteiger charge is 2.32. The van der Waals surface area contributed by atoms with Gasteiger partial charge >= 0.3 is 6.18 Å². The second kappa shape index (κ2) is 6.15. The largest absolute Gasteiger partial charge is 0.401 e. The van der Waals surface area contributed by atoms with E-state index in [9.17, 15) is 13.2 Å². The van der Waals surface area contributed by atoms with Crippen LogP contribution in [0.25, 0.3) is 0 Å². The van der Waals surface area contributed by atoms with Gasteiger partial charge in [0.25, 0.3) is 0 Å². The van der Waals surface area contributed by atoms with E-state index in [4.69, 9.17) is 5.11 Å². The van der Waals surface area contributed by atoms with Gasteiger partial charge in [0.15, 0.2) is 0 Å². The Bertz CT molecular complexity index is 400. The lowest BCUT2D eigenvalue weighted by Crippen LogP contribution is -2.40. The summed E-state index contributed by atoms with van der Waals surface area (Å²) in [6.07, 6.45) is -3.42. The van der Waals surface area contributed by atoms with Crippen LogP contribution in [-0.4, -0.2) is 47.7 Å². The number of nitrogens with zero attached hydrogens (tertiary/aromatic N) is 1. The van der Waals surface area contributed by atoms with Gasteiger partial charge in [-0.2, -0.15) is 13.2 Å². The fourth-order valence-electron chi connectivity index (χ4n) is 2.27. The molecule has 1 atom stereocenters. The maximum Gasteiger partial charge on any atom is 0.401 e. The highest BCUT2D eigenvalue weighted by Crippen LogP contribution is 2.37. The first kappa shape index (κ1) is 14.7. The molecule has 1 heterocycles. The van der Waals surface area contributed by atoms with Crippen molar-refractivity contribution in [3.05, 3.63) is 29.8 Å². The molecule has 19 heavy (non-hydrogen) atoms. The average Bonchev–Trinajstić information content (AvgIpc) is 2.69. The lowest BCUT2D eigenvalue weighted by Gasteiger charge is -2.25. The first-order valence-electron chi connectivity index (χ1n) is 6.12. The molecule has 0 saturated carbocycles. The topological polar surface area (TPSA) is 23.5 Å². The van der Waals surface area contributed by atoms with E-state index in [1.165, 1.54) is 10.5 Å². The molecule has 1 aliphatic rings. The maximum atomic E-state index is 12.4. The summed E-state index contributed by atoms with van der Waals surface area (Å²) in [5.41, 5.74) is 1.20. The standard InChI is InChI=1S/C13H16F3NOS/c14-13(15,16)9-17(5-6-18)8-11-7-10-3-1-2-4-12(10)19-11/h1-4,11,18H,5-9H2. The van der Waals surface area contributed by atoms with Crippen LogP contribution in [0, 0.1) is 0 Å². The van der Waals surface area contributed by atoms with Crippen LogP contribution in [0.4, 0.5) is 13.2 Å². The highest BCUT2D eigenvalue weighted by molar-refractivity contribution is 8.00. The fourth-order valence-corrected chi connectivity index (χ4v) is 3.64. The molecule has 0 aliphatic carbocycles. The molecule has 0 aromatic heterocycles. The third-order valence-corrected chi connectivity index (χ3v) is 4.30. The van der Waals surface area contributed by atoms with Crippen molar-refractivity contribution in [1.82, 2.24) is 4.90 Å². The summed E-state index contributed by atoms with van der Waals surface area (Å²) in [7, 11) is 0. The van der Waals surface area contributed by atoms with Gasteiger partial charge in [-0.05, 0) is 18.1 Å². The fraction of sp³-hybridized carbons (Fsp3) is 0.538. The van der Waals surface area contributed by atoms with Crippen LogP contribution >= 0.6 is 11.8 Å². The van der Waals surface area contributed by atoms with Crippen LogP contribution in [0.2, 0.25) is 0 Å². The molecule has 1 aromatic rings. The van der Waals surface area contributed by atoms with E-state index in [0.29, 0.717) is 6.54 Å². The van der Waals surface area contributed by atoms with Crippen molar-refractivity contribution in [2.24, 2.45) is 0 Å². The number of rotatable bonds is 5. The van der Waals surface area contributed by atoms with Gasteiger partial charge < -0.3 is 5.11 Å². The number of benzene rings is 1. The Balaban J connectivity index is 1.93. The molecule has 0 fully saturated rings. The van der Waals surface area contributed by atoms with E-state index in [2.05, 4.69) is 0 Å². The van der Waals surface area contributed by atoms with Gasteiger partial charge in [-0.25, -0.2) is 0 Å². The summed E-state index contributed by atoms with van der Waals surface area (Å²) in [5, 5.41) is 9.00. The number of fused-ring (bicyclic) bond motifs is 1. The number of aliphatic hydroxyl groups excluding tert-OH is 1. The minimum atomic E-state index is -4.22. The Morgan fingerprint density at radius 3 is 2.68 bits per heavy atom. The lowest BCUT2D eigenvalue weighted by molar-refractivity contribution is -0.146. The minimum absolute atomic E-state index is 0.0624. The highest BCUT2D eigenvalue weighted by atomic mass is 32.2. The average molecular weight is 291 g/mol. The third kappa shape index (κ3) is 4.40. The molecule has 0 radical (unpaired) electrons. The van der Waals surface area contributed by atoms with Crippen molar-refractivity contribution in [3.63, 3.8) is 0 Å². The number of halogens is 3. The molecule has 0 saturated heterocycles. The molecule has 6 heteroatoms. The van der Waals surface area contributed by atoms with E-state index in [1.54, 1.807) is 11.8 Å². The van der Waals surface area contributed by atoms with E-state index in [1.807, 2.05) is 24.3 Å². The number of alkyl halides is 3. The zero-order valence-electron chi connectivity index (χ0n) is 10.4. The van der Waals surface area contributed by atoms with E-state index < -0.39 is 12.7 Å². The summed E-state index contributed by atoms with van der Waals surface area (Å²) in [4.78, 5) is 2.44. The molecule has 2 nitrogen and oxygen atoms in total. The molecule has 1 aromatic carbocycles. The van der Waals surface area contributed by atoms with Gasteiger partial charge in [-0.15, -0.1) is 11.8 Å². The van der Waals surface area contributed by atoms with E-state index in [-0.39, 0.29) is 18.4 Å². The first-order valence-corrected chi connectivity index (χ1v) is 7.00. The Kier molecular flexibility index (Phi) is 4.76. The second-order valence-corrected chi connectivity index (χ2v) is 5.97. The lowest BCUT2D eigenvalue weighted by atomic mass is 10.1. The Morgan fingerprint density at radius 1 is 1.32 bits per heavy atom. The van der Waals surface area contributed by atoms with Gasteiger partial charge in [0.05, 0.1) is 13.2 Å². The molecule has 0 bridgehead atoms. The summed E-state index contributed by atoms with van der Waals surface area (Å²) in [6, 6.07) is 7.90. The molecule has 2 rings (SSSR count). The molecule has 1 N–H and O–H groups in total. The normalized spacial score (nSPS) is 18.9. The first-order chi connectivity index (χ1) is 8.98. The van der Waals surface area contributed by atoms with Crippen molar-refractivity contribution in [3.8, 4) is 0 Å². The van der Waals surface area contributed by atoms with Crippen molar-refractivity contribution >= 4 is 11.8 Å². The third-order valence-electron chi connectivity index (χ3n) is 2.99. The van der Waals surface area contributed by atoms with Gasteiger partial charge in [-0.1, -0.05) is 18.2 Å². The van der Waals surface area contributed by atoms with Gasteiger partial charge in [0.2, 0.25) is 0 Å². The zero-order valence-corrected chi connectivity index (χ0v) is 11.2. The maximum absolute atomic E-state index is 12.4. The van der Waals surface area contributed by atoms with Crippen LogP contribution < -0.4 is 0 Å². The zero-order chi connectivity index (χ0) is 13.9. The molecule has 0 spiro atoms. The molecule has 1 unspecified atom stereocenters. The van der Waals surface area contributed by atoms with E-state index in [0.717, 1.165) is 11.3 Å². The smallest absolute Gasteiger partial charge is 0.395 e. The number of thioether (sulfide) groups is 1. The second-order valence-electron chi connectivity index (χ2n) is 4.63. The van der Waals surface area contributed by atoms with Crippen LogP contribution in [0.15, 0.2) is 29.2 Å². The number of hydrogen-bond donors (Lipinski definition) is 1. The number of hydrogen-bond acceptors (Lipinski definition) is 3. The summed E-state index contributed by atoms with van der Waals surface area (Å²) < 4.78 is 37.3. The van der Waals surface area contributed by atoms with Gasteiger partial charge in [-0.3, -0.25) is 4.90 Å². The van der Waals surface area contributed by atoms with E-state index >= 15 is 0 Å². The predicted molar refractivity (Wildman–Crippen MR) is 69.4 cm³/mol. The van der Waals surface area contributed by atoms with Crippen molar-refractivity contribution < 1.29 is 18.3 Å². The van der Waals surface area contributed by atoms with Gasteiger partial charge in [0, 0.05) is 23.2 Å². The predicted octanol–water partition coefficient (Wildman–Crippen LogP) is 2.56.